The maximum Gasteiger partial charge on any atom is 0.353 e. The molecule has 3 aliphatic rings. The zero-order chi connectivity index (χ0) is 20.3. The van der Waals surface area contributed by atoms with Gasteiger partial charge in [0.2, 0.25) is 5.88 Å². The van der Waals surface area contributed by atoms with E-state index in [0.717, 1.165) is 36.0 Å². The number of halogens is 1. The molecular formula is C20H23FN4O3S. The van der Waals surface area contributed by atoms with E-state index in [9.17, 15) is 13.4 Å². The minimum atomic E-state index is -3.04. The van der Waals surface area contributed by atoms with Crippen LogP contribution in [0.5, 0.6) is 5.88 Å². The first-order chi connectivity index (χ1) is 13.8. The van der Waals surface area contributed by atoms with Crippen molar-refractivity contribution in [2.75, 3.05) is 11.6 Å². The normalized spacial score (nSPS) is 23.7. The predicted molar refractivity (Wildman–Crippen MR) is 107 cm³/mol. The first-order valence-corrected chi connectivity index (χ1v) is 11.8. The summed E-state index contributed by atoms with van der Waals surface area (Å²) < 4.78 is 38.5. The lowest BCUT2D eigenvalue weighted by Crippen LogP contribution is -2.14. The van der Waals surface area contributed by atoms with Gasteiger partial charge in [0.1, 0.15) is 17.2 Å². The van der Waals surface area contributed by atoms with Crippen LogP contribution in [0.15, 0.2) is 21.5 Å². The van der Waals surface area contributed by atoms with Gasteiger partial charge in [-0.3, -0.25) is 0 Å². The highest BCUT2D eigenvalue weighted by Gasteiger charge is 2.31. The zero-order valence-corrected chi connectivity index (χ0v) is 17.2. The van der Waals surface area contributed by atoms with Crippen molar-refractivity contribution in [2.45, 2.75) is 62.7 Å². The van der Waals surface area contributed by atoms with E-state index >= 15 is 0 Å². The number of amides is 2. The average molecular weight is 418 g/mol. The van der Waals surface area contributed by atoms with Gasteiger partial charge < -0.3 is 10.1 Å². The number of ether oxygens (including phenoxy) is 1. The maximum absolute atomic E-state index is 14.0. The van der Waals surface area contributed by atoms with Gasteiger partial charge in [0, 0.05) is 24.8 Å². The highest BCUT2D eigenvalue weighted by molar-refractivity contribution is 7.93. The molecule has 2 heterocycles. The van der Waals surface area contributed by atoms with Gasteiger partial charge in [-0.2, -0.15) is 5.10 Å². The molecule has 0 unspecified atom stereocenters. The summed E-state index contributed by atoms with van der Waals surface area (Å²) in [5, 5.41) is 7.02. The van der Waals surface area contributed by atoms with Crippen LogP contribution >= 0.6 is 0 Å². The van der Waals surface area contributed by atoms with Crippen molar-refractivity contribution in [3.8, 4) is 5.88 Å². The molecule has 0 saturated carbocycles. The summed E-state index contributed by atoms with van der Waals surface area (Å²) in [6.45, 7) is 2.47. The lowest BCUT2D eigenvalue weighted by Gasteiger charge is -2.15. The number of nitrogens with zero attached hydrogens (tertiary/aromatic N) is 3. The summed E-state index contributed by atoms with van der Waals surface area (Å²) in [4.78, 5) is 13.1. The monoisotopic (exact) mass is 418 g/mol. The Morgan fingerprint density at radius 3 is 3.00 bits per heavy atom. The summed E-state index contributed by atoms with van der Waals surface area (Å²) in [6, 6.07) is 1.40. The van der Waals surface area contributed by atoms with Crippen molar-refractivity contribution in [2.24, 2.45) is 4.36 Å². The lowest BCUT2D eigenvalue weighted by atomic mass is 9.99. The van der Waals surface area contributed by atoms with Crippen molar-refractivity contribution in [1.29, 1.82) is 0 Å². The molecule has 0 bridgehead atoms. The van der Waals surface area contributed by atoms with E-state index in [0.29, 0.717) is 35.8 Å². The van der Waals surface area contributed by atoms with E-state index in [1.807, 2.05) is 6.92 Å². The molecule has 0 fully saturated rings. The maximum atomic E-state index is 14.0. The number of fused-ring (bicyclic) bond motifs is 3. The second-order valence-electron chi connectivity index (χ2n) is 8.13. The Kier molecular flexibility index (Phi) is 4.20. The molecule has 3 atom stereocenters. The van der Waals surface area contributed by atoms with Gasteiger partial charge in [-0.05, 0) is 48.4 Å². The van der Waals surface area contributed by atoms with Crippen LogP contribution in [-0.2, 0) is 42.0 Å². The Labute approximate surface area is 168 Å². The summed E-state index contributed by atoms with van der Waals surface area (Å²) in [6.07, 6.45) is 5.34. The van der Waals surface area contributed by atoms with E-state index < -0.39 is 21.9 Å². The van der Waals surface area contributed by atoms with Gasteiger partial charge in [0.15, 0.2) is 0 Å². The van der Waals surface area contributed by atoms with E-state index in [-0.39, 0.29) is 6.10 Å². The van der Waals surface area contributed by atoms with Crippen LogP contribution in [-0.4, -0.2) is 38.6 Å². The molecule has 2 aliphatic carbocycles. The molecule has 1 aromatic carbocycles. The second-order valence-corrected chi connectivity index (χ2v) is 10.4. The zero-order valence-electron chi connectivity index (χ0n) is 16.4. The number of hydrogen-bond donors (Lipinski definition) is 1. The fourth-order valence-electron chi connectivity index (χ4n) is 4.62. The fraction of sp³-hybridized carbons (Fsp3) is 0.500. The Morgan fingerprint density at radius 2 is 2.17 bits per heavy atom. The number of benzene rings is 1. The van der Waals surface area contributed by atoms with Gasteiger partial charge in [0.25, 0.3) is 0 Å². The number of carbonyl (C=O) groups is 1. The Bertz CT molecular complexity index is 1150. The first-order valence-electron chi connectivity index (χ1n) is 9.88. The molecule has 1 N–H and O–H groups in total. The summed E-state index contributed by atoms with van der Waals surface area (Å²) in [5.41, 5.74) is 4.72. The molecule has 29 heavy (non-hydrogen) atoms. The van der Waals surface area contributed by atoms with E-state index in [2.05, 4.69) is 20.8 Å². The Balaban J connectivity index is 1.49. The molecule has 7 nitrogen and oxygen atoms in total. The number of rotatable bonds is 2. The quantitative estimate of drug-likeness (QED) is 0.811. The Hall–Kier alpha value is -2.42. The standard InChI is InChI=1S/C20H23FN4O3S/c1-11-10-25-19(28-11)17(9-22-25)29(2,27)24-20(26)23-18-15-5-3-4-12(15)6-13-7-14(21)8-16(13)18/h6,9,11,14H,3-5,7-8,10H2,1-2H3,(H,23,26)/t11-,14+,29-/m0/s1. The third-order valence-electron chi connectivity index (χ3n) is 5.87. The van der Waals surface area contributed by atoms with Gasteiger partial charge in [0.05, 0.1) is 22.5 Å². The van der Waals surface area contributed by atoms with Gasteiger partial charge in [-0.25, -0.2) is 18.1 Å². The second kappa shape index (κ2) is 6.55. The van der Waals surface area contributed by atoms with Crippen LogP contribution in [0.3, 0.4) is 0 Å². The van der Waals surface area contributed by atoms with Gasteiger partial charge >= 0.3 is 6.03 Å². The molecule has 2 aromatic rings. The van der Waals surface area contributed by atoms with Crippen molar-refractivity contribution < 1.29 is 18.1 Å². The average Bonchev–Trinajstić information content (AvgIpc) is 3.36. The highest BCUT2D eigenvalue weighted by atomic mass is 32.2. The third-order valence-corrected chi connectivity index (χ3v) is 7.48. The van der Waals surface area contributed by atoms with Crippen LogP contribution in [0.4, 0.5) is 14.9 Å². The SMILES string of the molecule is C[C@H]1Cn2ncc([S@](C)(=O)=NC(=O)Nc3c4c(cc5c3C[C@H](F)C5)CCC4)c2O1. The largest absolute Gasteiger partial charge is 0.472 e. The number of hydrogen-bond acceptors (Lipinski definition) is 4. The molecule has 9 heteroatoms. The van der Waals surface area contributed by atoms with Crippen LogP contribution < -0.4 is 10.1 Å². The summed E-state index contributed by atoms with van der Waals surface area (Å²) >= 11 is 0. The third kappa shape index (κ3) is 3.11. The molecule has 154 valence electrons. The topological polar surface area (TPSA) is 85.6 Å². The van der Waals surface area contributed by atoms with Crippen LogP contribution in [0.1, 0.15) is 35.6 Å². The number of carbonyl (C=O) groups excluding carboxylic acids is 1. The predicted octanol–water partition coefficient (Wildman–Crippen LogP) is 3.28. The molecule has 5 rings (SSSR count). The number of alkyl halides is 1. The lowest BCUT2D eigenvalue weighted by molar-refractivity contribution is 0.248. The van der Waals surface area contributed by atoms with Crippen molar-refractivity contribution in [3.63, 3.8) is 0 Å². The molecule has 0 radical (unpaired) electrons. The molecule has 0 saturated heterocycles. The number of aromatic nitrogens is 2. The smallest absolute Gasteiger partial charge is 0.353 e. The van der Waals surface area contributed by atoms with Crippen molar-refractivity contribution >= 4 is 21.4 Å². The van der Waals surface area contributed by atoms with Crippen LogP contribution in [0.2, 0.25) is 0 Å². The fourth-order valence-corrected chi connectivity index (χ4v) is 5.81. The van der Waals surface area contributed by atoms with Crippen molar-refractivity contribution in [3.05, 3.63) is 34.5 Å². The molecule has 2 amide bonds. The number of urea groups is 1. The van der Waals surface area contributed by atoms with Gasteiger partial charge in [-0.1, -0.05) is 6.07 Å². The summed E-state index contributed by atoms with van der Waals surface area (Å²) in [7, 11) is -3.04. The van der Waals surface area contributed by atoms with E-state index in [1.165, 1.54) is 18.0 Å². The number of aryl methyl sites for hydroxylation is 1. The molecular weight excluding hydrogens is 395 g/mol. The summed E-state index contributed by atoms with van der Waals surface area (Å²) in [5.74, 6) is 0.406. The molecule has 0 spiro atoms. The Morgan fingerprint density at radius 1 is 1.34 bits per heavy atom. The molecule has 1 aromatic heterocycles. The number of nitrogens with one attached hydrogen (secondary N) is 1. The van der Waals surface area contributed by atoms with Crippen molar-refractivity contribution in [1.82, 2.24) is 9.78 Å². The minimum Gasteiger partial charge on any atom is -0.472 e. The first kappa shape index (κ1) is 18.6. The number of anilines is 1. The highest BCUT2D eigenvalue weighted by Crippen LogP contribution is 2.39. The van der Waals surface area contributed by atoms with E-state index in [4.69, 9.17) is 4.74 Å². The molecule has 1 aliphatic heterocycles. The van der Waals surface area contributed by atoms with E-state index in [1.54, 1.807) is 4.68 Å². The van der Waals surface area contributed by atoms with Crippen LogP contribution in [0.25, 0.3) is 0 Å². The van der Waals surface area contributed by atoms with Crippen LogP contribution in [0, 0.1) is 0 Å². The minimum absolute atomic E-state index is 0.0652. The van der Waals surface area contributed by atoms with Gasteiger partial charge in [-0.15, -0.1) is 4.36 Å².